The van der Waals surface area contributed by atoms with Crippen molar-refractivity contribution in [3.8, 4) is 5.75 Å². The minimum Gasteiger partial charge on any atom is -0.494 e. The number of likely N-dealkylation sites (tertiary alicyclic amines) is 1. The second kappa shape index (κ2) is 11.4. The van der Waals surface area contributed by atoms with Crippen LogP contribution in [-0.4, -0.2) is 64.7 Å². The molecule has 2 unspecified atom stereocenters. The lowest BCUT2D eigenvalue weighted by molar-refractivity contribution is -0.143. The molecule has 220 valence electrons. The summed E-state index contributed by atoms with van der Waals surface area (Å²) in [5.41, 5.74) is 2.02. The number of aliphatic hydroxyl groups excluding tert-OH is 1. The smallest absolute Gasteiger partial charge is 0.250 e. The normalized spacial score (nSPS) is 27.2. The zero-order chi connectivity index (χ0) is 29.5. The molecule has 6 atom stereocenters. The molecule has 3 heterocycles. The first kappa shape index (κ1) is 29.1. The van der Waals surface area contributed by atoms with Crippen LogP contribution in [-0.2, 0) is 19.1 Å². The maximum Gasteiger partial charge on any atom is 0.250 e. The van der Waals surface area contributed by atoms with E-state index >= 15 is 0 Å². The third-order valence-electron chi connectivity index (χ3n) is 8.72. The summed E-state index contributed by atoms with van der Waals surface area (Å²) in [7, 11) is 0. The number of nitrogens with one attached hydrogen (secondary N) is 2. The zero-order valence-corrected chi connectivity index (χ0v) is 24.5. The van der Waals surface area contributed by atoms with Crippen LogP contribution in [0.1, 0.15) is 51.2 Å². The van der Waals surface area contributed by atoms with Crippen LogP contribution in [0.4, 0.5) is 11.4 Å². The van der Waals surface area contributed by atoms with Crippen molar-refractivity contribution in [2.24, 2.45) is 17.8 Å². The molecular formula is C32H41N3O6. The number of rotatable bonds is 10. The fraction of sp³-hybridized carbons (Fsp3) is 0.531. The topological polar surface area (TPSA) is 117 Å². The molecule has 41 heavy (non-hydrogen) atoms. The number of fused-ring (bicyclic) bond motifs is 1. The van der Waals surface area contributed by atoms with Crippen LogP contribution in [0.25, 0.3) is 0 Å². The highest BCUT2D eigenvalue weighted by Gasteiger charge is 2.75. The van der Waals surface area contributed by atoms with Gasteiger partial charge in [0.05, 0.1) is 37.2 Å². The second-order valence-corrected chi connectivity index (χ2v) is 12.0. The molecule has 0 aliphatic carbocycles. The van der Waals surface area contributed by atoms with E-state index in [0.29, 0.717) is 43.0 Å². The Kier molecular flexibility index (Phi) is 8.12. The highest BCUT2D eigenvalue weighted by atomic mass is 16.5. The van der Waals surface area contributed by atoms with Gasteiger partial charge in [0.25, 0.3) is 0 Å². The molecule has 3 N–H and O–H groups in total. The molecule has 1 spiro atoms. The molecule has 5 rings (SSSR count). The van der Waals surface area contributed by atoms with E-state index in [0.717, 1.165) is 11.1 Å². The standard InChI is InChI=1S/C32H41N3O6/c1-6-40-23-11-9-21(10-12-23)33-29(37)26-25-13-14-32(41-25)27(26)31(39)35(22(17-36)15-18(2)3)28(32)30(38)34-24-16-19(4)7-8-20(24)5/h7-12,16,18,22,25-28,36H,6,13-15,17H2,1-5H3,(H,33,37)(H,34,38)/t22-,25-,26+,27+,28?,32?/m1/s1. The number of hydrogen-bond donors (Lipinski definition) is 3. The molecule has 2 bridgehead atoms. The lowest BCUT2D eigenvalue weighted by atomic mass is 9.70. The molecule has 3 saturated heterocycles. The number of hydrogen-bond acceptors (Lipinski definition) is 6. The summed E-state index contributed by atoms with van der Waals surface area (Å²) >= 11 is 0. The fourth-order valence-corrected chi connectivity index (χ4v) is 7.00. The molecule has 0 radical (unpaired) electrons. The summed E-state index contributed by atoms with van der Waals surface area (Å²) < 4.78 is 12.0. The Balaban J connectivity index is 1.48. The molecule has 3 aliphatic rings. The number of anilines is 2. The van der Waals surface area contributed by atoms with Crippen molar-refractivity contribution < 1.29 is 29.0 Å². The summed E-state index contributed by atoms with van der Waals surface area (Å²) in [5, 5.41) is 16.4. The van der Waals surface area contributed by atoms with Gasteiger partial charge >= 0.3 is 0 Å². The van der Waals surface area contributed by atoms with Gasteiger partial charge in [0.2, 0.25) is 17.7 Å². The Morgan fingerprint density at radius 2 is 1.85 bits per heavy atom. The lowest BCUT2D eigenvalue weighted by Gasteiger charge is -2.37. The van der Waals surface area contributed by atoms with Crippen molar-refractivity contribution in [2.75, 3.05) is 23.8 Å². The van der Waals surface area contributed by atoms with E-state index in [-0.39, 0.29) is 30.2 Å². The van der Waals surface area contributed by atoms with E-state index in [4.69, 9.17) is 9.47 Å². The van der Waals surface area contributed by atoms with Crippen molar-refractivity contribution in [2.45, 2.75) is 77.7 Å². The quantitative estimate of drug-likeness (QED) is 0.401. The summed E-state index contributed by atoms with van der Waals surface area (Å²) in [6, 6.07) is 11.4. The van der Waals surface area contributed by atoms with Gasteiger partial charge in [-0.15, -0.1) is 0 Å². The first-order valence-electron chi connectivity index (χ1n) is 14.6. The van der Waals surface area contributed by atoms with Crippen LogP contribution in [0.2, 0.25) is 0 Å². The van der Waals surface area contributed by atoms with Gasteiger partial charge < -0.3 is 30.1 Å². The molecule has 0 saturated carbocycles. The maximum absolute atomic E-state index is 14.3. The van der Waals surface area contributed by atoms with Crippen LogP contribution in [0, 0.1) is 31.6 Å². The largest absolute Gasteiger partial charge is 0.494 e. The molecule has 9 nitrogen and oxygen atoms in total. The first-order chi connectivity index (χ1) is 19.6. The number of aryl methyl sites for hydroxylation is 2. The average Bonchev–Trinajstić information content (AvgIpc) is 3.58. The predicted octanol–water partition coefficient (Wildman–Crippen LogP) is 4.06. The average molecular weight is 564 g/mol. The van der Waals surface area contributed by atoms with Gasteiger partial charge in [0, 0.05) is 11.4 Å². The number of carbonyl (C=O) groups is 3. The van der Waals surface area contributed by atoms with Crippen molar-refractivity contribution in [1.82, 2.24) is 4.90 Å². The Morgan fingerprint density at radius 3 is 2.51 bits per heavy atom. The van der Waals surface area contributed by atoms with Gasteiger partial charge in [0.15, 0.2) is 0 Å². The van der Waals surface area contributed by atoms with E-state index < -0.39 is 35.6 Å². The third kappa shape index (κ3) is 5.21. The fourth-order valence-electron chi connectivity index (χ4n) is 7.00. The summed E-state index contributed by atoms with van der Waals surface area (Å²) in [5.74, 6) is -1.66. The predicted molar refractivity (Wildman–Crippen MR) is 156 cm³/mol. The monoisotopic (exact) mass is 563 g/mol. The molecule has 3 aliphatic heterocycles. The number of benzene rings is 2. The maximum atomic E-state index is 14.3. The van der Waals surface area contributed by atoms with Crippen molar-refractivity contribution in [3.05, 3.63) is 53.6 Å². The van der Waals surface area contributed by atoms with Crippen LogP contribution in [0.15, 0.2) is 42.5 Å². The number of aliphatic hydroxyl groups is 1. The van der Waals surface area contributed by atoms with E-state index in [1.54, 1.807) is 24.3 Å². The molecule has 2 aromatic carbocycles. The number of nitrogens with zero attached hydrogens (tertiary/aromatic N) is 1. The van der Waals surface area contributed by atoms with Crippen LogP contribution in [0.3, 0.4) is 0 Å². The van der Waals surface area contributed by atoms with Gasteiger partial charge in [-0.1, -0.05) is 26.0 Å². The van der Waals surface area contributed by atoms with E-state index in [1.807, 2.05) is 52.8 Å². The summed E-state index contributed by atoms with van der Waals surface area (Å²) in [6.07, 6.45) is 1.11. The van der Waals surface area contributed by atoms with Gasteiger partial charge in [-0.3, -0.25) is 14.4 Å². The number of amides is 3. The van der Waals surface area contributed by atoms with Crippen molar-refractivity contribution >= 4 is 29.1 Å². The molecule has 0 aromatic heterocycles. The summed E-state index contributed by atoms with van der Waals surface area (Å²) in [6.45, 7) is 10.1. The molecule has 2 aromatic rings. The minimum absolute atomic E-state index is 0.177. The van der Waals surface area contributed by atoms with E-state index in [9.17, 15) is 19.5 Å². The molecule has 3 fully saturated rings. The van der Waals surface area contributed by atoms with Crippen molar-refractivity contribution in [1.29, 1.82) is 0 Å². The Morgan fingerprint density at radius 1 is 1.12 bits per heavy atom. The Hall–Kier alpha value is -3.43. The SMILES string of the molecule is CCOc1ccc(NC(=O)[C@@H]2[C@H]3C(=O)N([C@@H](CO)CC(C)C)C(C(=O)Nc4cc(C)ccc4C)C34CC[C@H]2O4)cc1. The van der Waals surface area contributed by atoms with Gasteiger partial charge in [0.1, 0.15) is 17.4 Å². The molecule has 9 heteroatoms. The highest BCUT2D eigenvalue weighted by molar-refractivity contribution is 6.05. The Bertz CT molecular complexity index is 1310. The minimum atomic E-state index is -1.14. The van der Waals surface area contributed by atoms with Gasteiger partial charge in [-0.2, -0.15) is 0 Å². The molecule has 3 amide bonds. The molecular weight excluding hydrogens is 522 g/mol. The first-order valence-corrected chi connectivity index (χ1v) is 14.6. The lowest BCUT2D eigenvalue weighted by Crippen LogP contribution is -2.56. The van der Waals surface area contributed by atoms with E-state index in [2.05, 4.69) is 10.6 Å². The van der Waals surface area contributed by atoms with Crippen LogP contribution in [0.5, 0.6) is 5.75 Å². The van der Waals surface area contributed by atoms with Gasteiger partial charge in [-0.25, -0.2) is 0 Å². The highest BCUT2D eigenvalue weighted by Crippen LogP contribution is 2.59. The number of ether oxygens (including phenoxy) is 2. The van der Waals surface area contributed by atoms with Crippen molar-refractivity contribution in [3.63, 3.8) is 0 Å². The summed E-state index contributed by atoms with van der Waals surface area (Å²) in [4.78, 5) is 43.7. The van der Waals surface area contributed by atoms with E-state index in [1.165, 1.54) is 4.90 Å². The third-order valence-corrected chi connectivity index (χ3v) is 8.72. The van der Waals surface area contributed by atoms with Crippen LogP contribution >= 0.6 is 0 Å². The van der Waals surface area contributed by atoms with Gasteiger partial charge in [-0.05, 0) is 87.4 Å². The van der Waals surface area contributed by atoms with Crippen LogP contribution < -0.4 is 15.4 Å². The number of carbonyl (C=O) groups excluding carboxylic acids is 3. The second-order valence-electron chi connectivity index (χ2n) is 12.0. The Labute approximate surface area is 241 Å². The zero-order valence-electron chi connectivity index (χ0n) is 24.5.